The second-order valence-electron chi connectivity index (χ2n) is 4.52. The zero-order valence-electron chi connectivity index (χ0n) is 10.2. The van der Waals surface area contributed by atoms with Gasteiger partial charge in [0.25, 0.3) is 0 Å². The van der Waals surface area contributed by atoms with Crippen LogP contribution in [0.2, 0.25) is 0 Å². The van der Waals surface area contributed by atoms with E-state index in [2.05, 4.69) is 39.5 Å². The number of nitrogens with zero attached hydrogens (tertiary/aromatic N) is 2. The van der Waals surface area contributed by atoms with Gasteiger partial charge in [0.15, 0.2) is 5.17 Å². The van der Waals surface area contributed by atoms with Gasteiger partial charge in [0.2, 0.25) is 0 Å². The summed E-state index contributed by atoms with van der Waals surface area (Å²) in [6.07, 6.45) is 0. The third kappa shape index (κ3) is 1.73. The van der Waals surface area contributed by atoms with Crippen molar-refractivity contribution in [2.45, 2.75) is 0 Å². The Morgan fingerprint density at radius 3 is 3.16 bits per heavy atom. The molecule has 2 aliphatic heterocycles. The van der Waals surface area contributed by atoms with Crippen LogP contribution in [0, 0.1) is 0 Å². The number of benzene rings is 1. The standard InChI is InChI=1S/C14H12N2OS2/c17-8-12-13(16-5-4-15-14(16)19-12)10-1-2-11-9(7-10)3-6-18-11/h1-3,6-7,17H,4-5,8H2. The minimum Gasteiger partial charge on any atom is -0.391 e. The molecule has 1 aromatic carbocycles. The van der Waals surface area contributed by atoms with Crippen molar-refractivity contribution in [2.24, 2.45) is 4.99 Å². The molecule has 0 atom stereocenters. The highest BCUT2D eigenvalue weighted by Gasteiger charge is 2.32. The third-order valence-corrected chi connectivity index (χ3v) is 5.42. The van der Waals surface area contributed by atoms with Crippen LogP contribution >= 0.6 is 23.1 Å². The van der Waals surface area contributed by atoms with E-state index in [9.17, 15) is 5.11 Å². The van der Waals surface area contributed by atoms with Crippen molar-refractivity contribution in [1.29, 1.82) is 0 Å². The van der Waals surface area contributed by atoms with Crippen molar-refractivity contribution in [2.75, 3.05) is 19.7 Å². The molecule has 1 N–H and O–H groups in total. The van der Waals surface area contributed by atoms with Gasteiger partial charge in [-0.1, -0.05) is 17.8 Å². The highest BCUT2D eigenvalue weighted by molar-refractivity contribution is 8.17. The minimum absolute atomic E-state index is 0.0805. The molecule has 0 aliphatic carbocycles. The highest BCUT2D eigenvalue weighted by Crippen LogP contribution is 2.42. The summed E-state index contributed by atoms with van der Waals surface area (Å²) in [5, 5.41) is 14.0. The van der Waals surface area contributed by atoms with Crippen molar-refractivity contribution in [3.63, 3.8) is 0 Å². The maximum absolute atomic E-state index is 9.57. The lowest BCUT2D eigenvalue weighted by atomic mass is 10.1. The van der Waals surface area contributed by atoms with E-state index in [1.54, 1.807) is 23.1 Å². The van der Waals surface area contributed by atoms with Gasteiger partial charge in [-0.15, -0.1) is 11.3 Å². The summed E-state index contributed by atoms with van der Waals surface area (Å²) >= 11 is 3.36. The first-order valence-corrected chi connectivity index (χ1v) is 7.88. The molecule has 4 rings (SSSR count). The van der Waals surface area contributed by atoms with E-state index in [-0.39, 0.29) is 6.61 Å². The molecule has 19 heavy (non-hydrogen) atoms. The maximum Gasteiger partial charge on any atom is 0.168 e. The Hall–Kier alpha value is -1.30. The van der Waals surface area contributed by atoms with Crippen LogP contribution in [0.1, 0.15) is 5.56 Å². The maximum atomic E-state index is 9.57. The number of thiophene rings is 1. The molecule has 0 bridgehead atoms. The molecule has 0 amide bonds. The molecule has 3 nitrogen and oxygen atoms in total. The van der Waals surface area contributed by atoms with Gasteiger partial charge in [-0.25, -0.2) is 0 Å². The Morgan fingerprint density at radius 2 is 2.26 bits per heavy atom. The number of hydrogen-bond acceptors (Lipinski definition) is 5. The average Bonchev–Trinajstić information content (AvgIpc) is 3.11. The van der Waals surface area contributed by atoms with Gasteiger partial charge in [-0.3, -0.25) is 4.99 Å². The number of aliphatic hydroxyl groups is 1. The van der Waals surface area contributed by atoms with Crippen LogP contribution in [-0.2, 0) is 0 Å². The molecular weight excluding hydrogens is 276 g/mol. The van der Waals surface area contributed by atoms with Crippen LogP contribution in [0.25, 0.3) is 15.8 Å². The molecule has 0 unspecified atom stereocenters. The summed E-state index contributed by atoms with van der Waals surface area (Å²) < 4.78 is 1.30. The van der Waals surface area contributed by atoms with Gasteiger partial charge in [0.05, 0.1) is 18.8 Å². The molecule has 1 aromatic heterocycles. The number of aliphatic imine (C=N–C) groups is 1. The molecule has 0 radical (unpaired) electrons. The van der Waals surface area contributed by atoms with E-state index in [1.807, 2.05) is 0 Å². The van der Waals surface area contributed by atoms with E-state index in [4.69, 9.17) is 0 Å². The first kappa shape index (κ1) is 11.5. The van der Waals surface area contributed by atoms with E-state index in [0.717, 1.165) is 28.9 Å². The Balaban J connectivity index is 1.86. The molecule has 96 valence electrons. The van der Waals surface area contributed by atoms with E-state index < -0.39 is 0 Å². The molecule has 5 heteroatoms. The molecule has 0 saturated heterocycles. The highest BCUT2D eigenvalue weighted by atomic mass is 32.2. The van der Waals surface area contributed by atoms with Gasteiger partial charge in [0.1, 0.15) is 0 Å². The number of hydrogen-bond donors (Lipinski definition) is 1. The van der Waals surface area contributed by atoms with Crippen LogP contribution in [0.15, 0.2) is 39.5 Å². The van der Waals surface area contributed by atoms with Crippen LogP contribution in [0.4, 0.5) is 0 Å². The largest absolute Gasteiger partial charge is 0.391 e. The fraction of sp³-hybridized carbons (Fsp3) is 0.214. The topological polar surface area (TPSA) is 35.8 Å². The molecule has 2 aliphatic rings. The lowest BCUT2D eigenvalue weighted by molar-refractivity contribution is 0.339. The lowest BCUT2D eigenvalue weighted by Gasteiger charge is -2.17. The van der Waals surface area contributed by atoms with Crippen LogP contribution in [-0.4, -0.2) is 34.9 Å². The number of thioether (sulfide) groups is 1. The van der Waals surface area contributed by atoms with E-state index in [1.165, 1.54) is 15.6 Å². The summed E-state index contributed by atoms with van der Waals surface area (Å²) in [5.74, 6) is 0. The van der Waals surface area contributed by atoms with Crippen molar-refractivity contribution < 1.29 is 5.11 Å². The van der Waals surface area contributed by atoms with Crippen molar-refractivity contribution in [1.82, 2.24) is 4.90 Å². The monoisotopic (exact) mass is 288 g/mol. The first-order valence-electron chi connectivity index (χ1n) is 6.18. The molecule has 0 spiro atoms. The summed E-state index contributed by atoms with van der Waals surface area (Å²) in [6, 6.07) is 8.65. The molecule has 3 heterocycles. The predicted octanol–water partition coefficient (Wildman–Crippen LogP) is 2.98. The molecule has 0 fully saturated rings. The molecular formula is C14H12N2OS2. The first-order chi connectivity index (χ1) is 9.36. The Bertz CT molecular complexity index is 717. The van der Waals surface area contributed by atoms with Crippen LogP contribution in [0.5, 0.6) is 0 Å². The quantitative estimate of drug-likeness (QED) is 0.923. The molecule has 2 aromatic rings. The fourth-order valence-electron chi connectivity index (χ4n) is 2.57. The minimum atomic E-state index is 0.0805. The lowest BCUT2D eigenvalue weighted by Crippen LogP contribution is -2.20. The van der Waals surface area contributed by atoms with Crippen LogP contribution < -0.4 is 0 Å². The zero-order valence-corrected chi connectivity index (χ0v) is 11.8. The Morgan fingerprint density at radius 1 is 1.32 bits per heavy atom. The smallest absolute Gasteiger partial charge is 0.168 e. The van der Waals surface area contributed by atoms with E-state index >= 15 is 0 Å². The predicted molar refractivity (Wildman–Crippen MR) is 82.4 cm³/mol. The normalized spacial score (nSPS) is 18.4. The third-order valence-electron chi connectivity index (χ3n) is 3.42. The Labute approximate surface area is 119 Å². The van der Waals surface area contributed by atoms with Gasteiger partial charge >= 0.3 is 0 Å². The van der Waals surface area contributed by atoms with Crippen molar-refractivity contribution in [3.8, 4) is 0 Å². The van der Waals surface area contributed by atoms with Crippen LogP contribution in [0.3, 0.4) is 0 Å². The zero-order chi connectivity index (χ0) is 12.8. The SMILES string of the molecule is OCC1=C(c2ccc3sccc3c2)N2CCN=C2S1. The number of fused-ring (bicyclic) bond motifs is 2. The summed E-state index contributed by atoms with van der Waals surface area (Å²) in [5.41, 5.74) is 2.31. The summed E-state index contributed by atoms with van der Waals surface area (Å²) in [6.45, 7) is 1.85. The van der Waals surface area contributed by atoms with Crippen molar-refractivity contribution in [3.05, 3.63) is 40.1 Å². The second kappa shape index (κ2) is 4.37. The van der Waals surface area contributed by atoms with Crippen molar-refractivity contribution >= 4 is 44.0 Å². The molecule has 0 saturated carbocycles. The summed E-state index contributed by atoms with van der Waals surface area (Å²) in [7, 11) is 0. The van der Waals surface area contributed by atoms with E-state index in [0.29, 0.717) is 0 Å². The number of rotatable bonds is 2. The van der Waals surface area contributed by atoms with Gasteiger partial charge < -0.3 is 10.0 Å². The summed E-state index contributed by atoms with van der Waals surface area (Å²) in [4.78, 5) is 7.71. The Kier molecular flexibility index (Phi) is 2.65. The van der Waals surface area contributed by atoms with Gasteiger partial charge in [-0.05, 0) is 34.5 Å². The number of aliphatic hydroxyl groups excluding tert-OH is 1. The second-order valence-corrected chi connectivity index (χ2v) is 6.53. The average molecular weight is 288 g/mol. The van der Waals surface area contributed by atoms with Gasteiger partial charge in [0, 0.05) is 16.1 Å². The fourth-order valence-corrected chi connectivity index (χ4v) is 4.40. The van der Waals surface area contributed by atoms with Gasteiger partial charge in [-0.2, -0.15) is 0 Å². The number of amidine groups is 1.